The zero-order valence-corrected chi connectivity index (χ0v) is 13.2. The van der Waals surface area contributed by atoms with Crippen molar-refractivity contribution in [3.8, 4) is 0 Å². The first-order chi connectivity index (χ1) is 10.5. The van der Waals surface area contributed by atoms with E-state index in [4.69, 9.17) is 5.73 Å². The largest absolute Gasteiger partial charge is 0.351 e. The van der Waals surface area contributed by atoms with E-state index in [1.807, 2.05) is 37.3 Å². The van der Waals surface area contributed by atoms with E-state index >= 15 is 0 Å². The first-order valence-electron chi connectivity index (χ1n) is 7.52. The summed E-state index contributed by atoms with van der Waals surface area (Å²) in [6.45, 7) is 3.10. The maximum Gasteiger partial charge on any atom is 0.315 e. The van der Waals surface area contributed by atoms with E-state index in [2.05, 4.69) is 6.08 Å². The van der Waals surface area contributed by atoms with Gasteiger partial charge in [-0.25, -0.2) is 4.79 Å². The van der Waals surface area contributed by atoms with Crippen LogP contribution >= 0.6 is 0 Å². The Morgan fingerprint density at radius 3 is 2.68 bits per heavy atom. The smallest absolute Gasteiger partial charge is 0.315 e. The molecule has 1 aliphatic rings. The zero-order chi connectivity index (χ0) is 16.1. The second kappa shape index (κ2) is 7.11. The third-order valence-corrected chi connectivity index (χ3v) is 3.90. The third-order valence-electron chi connectivity index (χ3n) is 3.90. The van der Waals surface area contributed by atoms with Gasteiger partial charge in [0.1, 0.15) is 6.04 Å². The summed E-state index contributed by atoms with van der Waals surface area (Å²) in [7, 11) is 1.77. The number of amides is 3. The number of hydrogen-bond acceptors (Lipinski definition) is 2. The van der Waals surface area contributed by atoms with Gasteiger partial charge in [-0.3, -0.25) is 4.79 Å². The predicted octanol–water partition coefficient (Wildman–Crippen LogP) is 2.09. The van der Waals surface area contributed by atoms with Crippen molar-refractivity contribution in [2.45, 2.75) is 25.8 Å². The molecule has 1 aromatic carbocycles. The number of likely N-dealkylation sites (tertiary alicyclic amines) is 1. The van der Waals surface area contributed by atoms with Gasteiger partial charge in [0.05, 0.1) is 0 Å². The van der Waals surface area contributed by atoms with Crippen molar-refractivity contribution in [3.05, 3.63) is 41.5 Å². The van der Waals surface area contributed by atoms with Crippen LogP contribution < -0.4 is 5.73 Å². The van der Waals surface area contributed by atoms with Crippen LogP contribution in [-0.2, 0) is 4.79 Å². The molecule has 1 fully saturated rings. The van der Waals surface area contributed by atoms with Gasteiger partial charge in [-0.05, 0) is 25.3 Å². The Kier molecular flexibility index (Phi) is 5.20. The van der Waals surface area contributed by atoms with E-state index < -0.39 is 12.1 Å². The summed E-state index contributed by atoms with van der Waals surface area (Å²) in [4.78, 5) is 27.0. The molecular formula is C17H23N3O2. The van der Waals surface area contributed by atoms with Crippen LogP contribution in [0.3, 0.4) is 0 Å². The highest BCUT2D eigenvalue weighted by atomic mass is 16.2. The van der Waals surface area contributed by atoms with Crippen LogP contribution in [0.25, 0.3) is 6.08 Å². The maximum atomic E-state index is 12.5. The monoisotopic (exact) mass is 301 g/mol. The Balaban J connectivity index is 1.99. The van der Waals surface area contributed by atoms with E-state index in [1.54, 1.807) is 11.9 Å². The number of urea groups is 1. The van der Waals surface area contributed by atoms with Crippen LogP contribution in [0.4, 0.5) is 4.79 Å². The fraction of sp³-hybridized carbons (Fsp3) is 0.412. The first-order valence-corrected chi connectivity index (χ1v) is 7.52. The summed E-state index contributed by atoms with van der Waals surface area (Å²) in [6.07, 6.45) is 3.57. The molecule has 0 saturated carbocycles. The Morgan fingerprint density at radius 1 is 1.36 bits per heavy atom. The fourth-order valence-corrected chi connectivity index (χ4v) is 2.87. The van der Waals surface area contributed by atoms with Gasteiger partial charge in [0.25, 0.3) is 0 Å². The Bertz CT molecular complexity index is 569. The normalized spacial score (nSPS) is 18.4. The lowest BCUT2D eigenvalue weighted by molar-refractivity contribution is -0.133. The van der Waals surface area contributed by atoms with Crippen molar-refractivity contribution in [3.63, 3.8) is 0 Å². The Hall–Kier alpha value is -2.30. The van der Waals surface area contributed by atoms with E-state index in [-0.39, 0.29) is 5.91 Å². The van der Waals surface area contributed by atoms with Crippen LogP contribution in [0.5, 0.6) is 0 Å². The van der Waals surface area contributed by atoms with E-state index in [9.17, 15) is 9.59 Å². The highest BCUT2D eigenvalue weighted by molar-refractivity contribution is 5.87. The summed E-state index contributed by atoms with van der Waals surface area (Å²) in [5.41, 5.74) is 7.53. The molecule has 1 saturated heterocycles. The highest BCUT2D eigenvalue weighted by Crippen LogP contribution is 2.19. The molecule has 0 bridgehead atoms. The van der Waals surface area contributed by atoms with Crippen LogP contribution in [0.15, 0.2) is 35.9 Å². The fourth-order valence-electron chi connectivity index (χ4n) is 2.87. The number of rotatable bonds is 4. The van der Waals surface area contributed by atoms with E-state index in [0.717, 1.165) is 17.6 Å². The minimum atomic E-state index is -0.513. The van der Waals surface area contributed by atoms with Crippen molar-refractivity contribution >= 4 is 18.0 Å². The van der Waals surface area contributed by atoms with Crippen LogP contribution in [0.1, 0.15) is 25.3 Å². The zero-order valence-electron chi connectivity index (χ0n) is 13.2. The molecule has 2 rings (SSSR count). The number of nitrogens with zero attached hydrogens (tertiary/aromatic N) is 2. The maximum absolute atomic E-state index is 12.5. The summed E-state index contributed by atoms with van der Waals surface area (Å²) >= 11 is 0. The lowest BCUT2D eigenvalue weighted by Gasteiger charge is -2.27. The molecule has 0 aromatic heterocycles. The molecule has 1 aliphatic heterocycles. The first kappa shape index (κ1) is 16.1. The lowest BCUT2D eigenvalue weighted by atomic mass is 10.1. The van der Waals surface area contributed by atoms with Gasteiger partial charge in [-0.1, -0.05) is 42.0 Å². The number of hydrogen-bond donors (Lipinski definition) is 1. The standard InChI is InChI=1S/C17H23N3O2/c1-13(11-14-7-4-3-5-8-14)12-19(2)16(21)15-9-6-10-20(15)17(18)22/h3-5,7-8,11,15H,6,9-10,12H2,1-2H3,(H2,18,22)/t15-/m0/s1. The van der Waals surface area contributed by atoms with Gasteiger partial charge >= 0.3 is 6.03 Å². The quantitative estimate of drug-likeness (QED) is 0.925. The average Bonchev–Trinajstić information content (AvgIpc) is 2.96. The summed E-state index contributed by atoms with van der Waals surface area (Å²) in [5, 5.41) is 0. The van der Waals surface area contributed by atoms with Crippen LogP contribution in [0, 0.1) is 0 Å². The van der Waals surface area contributed by atoms with Crippen molar-refractivity contribution in [2.75, 3.05) is 20.1 Å². The van der Waals surface area contributed by atoms with Crippen molar-refractivity contribution in [1.82, 2.24) is 9.80 Å². The number of carbonyl (C=O) groups excluding carboxylic acids is 2. The summed E-state index contributed by atoms with van der Waals surface area (Å²) < 4.78 is 0. The van der Waals surface area contributed by atoms with Gasteiger partial charge in [0.15, 0.2) is 0 Å². The molecule has 0 unspecified atom stereocenters. The summed E-state index contributed by atoms with van der Waals surface area (Å²) in [5.74, 6) is -0.0443. The molecule has 118 valence electrons. The molecule has 5 nitrogen and oxygen atoms in total. The van der Waals surface area contributed by atoms with Crippen molar-refractivity contribution in [1.29, 1.82) is 0 Å². The van der Waals surface area contributed by atoms with E-state index in [1.165, 1.54) is 4.90 Å². The van der Waals surface area contributed by atoms with Crippen molar-refractivity contribution < 1.29 is 9.59 Å². The molecule has 0 spiro atoms. The lowest BCUT2D eigenvalue weighted by Crippen LogP contribution is -2.48. The minimum absolute atomic E-state index is 0.0443. The minimum Gasteiger partial charge on any atom is -0.351 e. The molecule has 3 amide bonds. The number of benzene rings is 1. The average molecular weight is 301 g/mol. The number of likely N-dealkylation sites (N-methyl/N-ethyl adjacent to an activating group) is 1. The molecule has 1 heterocycles. The van der Waals surface area contributed by atoms with Crippen LogP contribution in [0.2, 0.25) is 0 Å². The molecule has 1 atom stereocenters. The Labute approximate surface area is 131 Å². The third kappa shape index (κ3) is 3.87. The number of nitrogens with two attached hydrogens (primary N) is 1. The van der Waals surface area contributed by atoms with Gasteiger partial charge in [-0.15, -0.1) is 0 Å². The SMILES string of the molecule is CC(=Cc1ccccc1)CN(C)C(=O)[C@@H]1CCCN1C(N)=O. The van der Waals surface area contributed by atoms with Crippen LogP contribution in [-0.4, -0.2) is 47.9 Å². The molecule has 2 N–H and O–H groups in total. The van der Waals surface area contributed by atoms with Crippen molar-refractivity contribution in [2.24, 2.45) is 5.73 Å². The second-order valence-electron chi connectivity index (χ2n) is 5.79. The van der Waals surface area contributed by atoms with Gasteiger partial charge in [0, 0.05) is 20.1 Å². The van der Waals surface area contributed by atoms with Gasteiger partial charge in [-0.2, -0.15) is 0 Å². The molecule has 0 radical (unpaired) electrons. The second-order valence-corrected chi connectivity index (χ2v) is 5.79. The molecule has 5 heteroatoms. The highest BCUT2D eigenvalue weighted by Gasteiger charge is 2.34. The predicted molar refractivity (Wildman–Crippen MR) is 87.0 cm³/mol. The molecule has 1 aromatic rings. The van der Waals surface area contributed by atoms with Gasteiger partial charge < -0.3 is 15.5 Å². The van der Waals surface area contributed by atoms with E-state index in [0.29, 0.717) is 19.5 Å². The van der Waals surface area contributed by atoms with Gasteiger partial charge in [0.2, 0.25) is 5.91 Å². The number of primary amides is 1. The topological polar surface area (TPSA) is 66.6 Å². The molecule has 22 heavy (non-hydrogen) atoms. The molecular weight excluding hydrogens is 278 g/mol. The molecule has 0 aliphatic carbocycles. The summed E-state index contributed by atoms with van der Waals surface area (Å²) in [6, 6.07) is 9.07. The number of carbonyl (C=O) groups is 2. The Morgan fingerprint density at radius 2 is 2.05 bits per heavy atom.